The first-order valence-electron chi connectivity index (χ1n) is 7.91. The summed E-state index contributed by atoms with van der Waals surface area (Å²) in [6, 6.07) is 12.3. The lowest BCUT2D eigenvalue weighted by Crippen LogP contribution is -2.31. The minimum atomic E-state index is -0.535. The van der Waals surface area contributed by atoms with Crippen LogP contribution in [0.2, 0.25) is 0 Å². The van der Waals surface area contributed by atoms with E-state index >= 15 is 0 Å². The Kier molecular flexibility index (Phi) is 7.04. The molecule has 0 N–H and O–H groups in total. The van der Waals surface area contributed by atoms with E-state index in [-0.39, 0.29) is 18.9 Å². The van der Waals surface area contributed by atoms with Gasteiger partial charge in [-0.2, -0.15) is 4.99 Å². The van der Waals surface area contributed by atoms with Gasteiger partial charge in [-0.25, -0.2) is 9.59 Å². The molecule has 0 radical (unpaired) electrons. The zero-order chi connectivity index (χ0) is 19.6. The highest BCUT2D eigenvalue weighted by Crippen LogP contribution is 2.17. The lowest BCUT2D eigenvalue weighted by molar-refractivity contribution is -0.384. The van der Waals surface area contributed by atoms with Gasteiger partial charge in [-0.05, 0) is 42.0 Å². The topological polar surface area (TPSA) is 111 Å². The lowest BCUT2D eigenvalue weighted by Gasteiger charge is -2.17. The van der Waals surface area contributed by atoms with Crippen LogP contribution in [0.3, 0.4) is 0 Å². The highest BCUT2D eigenvalue weighted by molar-refractivity contribution is 5.67. The fourth-order valence-electron chi connectivity index (χ4n) is 2.03. The van der Waals surface area contributed by atoms with E-state index < -0.39 is 11.0 Å². The van der Waals surface area contributed by atoms with Gasteiger partial charge >= 0.3 is 6.09 Å². The zero-order valence-corrected chi connectivity index (χ0v) is 14.5. The Morgan fingerprint density at radius 1 is 1.19 bits per heavy atom. The number of hydrogen-bond acceptors (Lipinski definition) is 7. The van der Waals surface area contributed by atoms with E-state index in [4.69, 9.17) is 9.47 Å². The Balaban J connectivity index is 1.73. The molecule has 9 nitrogen and oxygen atoms in total. The van der Waals surface area contributed by atoms with Crippen LogP contribution in [-0.4, -0.2) is 42.2 Å². The number of carbonyl (C=O) groups excluding carboxylic acids is 2. The van der Waals surface area contributed by atoms with E-state index in [9.17, 15) is 19.7 Å². The van der Waals surface area contributed by atoms with Gasteiger partial charge in [-0.3, -0.25) is 10.1 Å². The number of ether oxygens (including phenoxy) is 2. The number of rotatable bonds is 8. The molecule has 0 aliphatic carbocycles. The molecule has 0 aliphatic heterocycles. The number of benzene rings is 2. The third-order valence-electron chi connectivity index (χ3n) is 3.53. The predicted molar refractivity (Wildman–Crippen MR) is 95.6 cm³/mol. The van der Waals surface area contributed by atoms with Crippen molar-refractivity contribution in [3.05, 3.63) is 64.2 Å². The van der Waals surface area contributed by atoms with Crippen molar-refractivity contribution in [2.45, 2.75) is 6.61 Å². The second-order valence-electron chi connectivity index (χ2n) is 5.45. The van der Waals surface area contributed by atoms with Crippen molar-refractivity contribution in [1.82, 2.24) is 4.90 Å². The van der Waals surface area contributed by atoms with Crippen LogP contribution in [0.5, 0.6) is 5.75 Å². The number of amides is 1. The van der Waals surface area contributed by atoms with Crippen LogP contribution in [0.25, 0.3) is 0 Å². The number of nitrogens with zero attached hydrogens (tertiary/aromatic N) is 3. The molecule has 9 heteroatoms. The lowest BCUT2D eigenvalue weighted by atomic mass is 10.2. The number of hydrogen-bond donors (Lipinski definition) is 0. The Morgan fingerprint density at radius 3 is 2.44 bits per heavy atom. The molecule has 2 aromatic carbocycles. The number of likely N-dealkylation sites (N-methyl/N-ethyl adjacent to an activating group) is 1. The molecule has 140 valence electrons. The third-order valence-corrected chi connectivity index (χ3v) is 3.53. The van der Waals surface area contributed by atoms with Crippen molar-refractivity contribution >= 4 is 23.5 Å². The fraction of sp³-hybridized carbons (Fsp3) is 0.222. The molecular formula is C18H17N3O6. The Bertz CT molecular complexity index is 829. The van der Waals surface area contributed by atoms with Crippen LogP contribution in [0.4, 0.5) is 16.2 Å². The molecule has 1 amide bonds. The van der Waals surface area contributed by atoms with E-state index in [1.165, 1.54) is 35.2 Å². The largest absolute Gasteiger partial charge is 0.492 e. The second kappa shape index (κ2) is 9.69. The zero-order valence-electron chi connectivity index (χ0n) is 14.5. The number of nitro groups is 1. The van der Waals surface area contributed by atoms with Gasteiger partial charge in [0.25, 0.3) is 5.69 Å². The second-order valence-corrected chi connectivity index (χ2v) is 5.45. The fourth-order valence-corrected chi connectivity index (χ4v) is 2.03. The van der Waals surface area contributed by atoms with Crippen molar-refractivity contribution in [2.24, 2.45) is 4.99 Å². The van der Waals surface area contributed by atoms with Gasteiger partial charge < -0.3 is 14.4 Å². The molecule has 0 saturated heterocycles. The van der Waals surface area contributed by atoms with E-state index in [0.717, 1.165) is 0 Å². The maximum absolute atomic E-state index is 11.9. The molecule has 0 fully saturated rings. The molecule has 0 unspecified atom stereocenters. The molecule has 0 atom stereocenters. The van der Waals surface area contributed by atoms with E-state index in [2.05, 4.69) is 4.99 Å². The van der Waals surface area contributed by atoms with Crippen LogP contribution >= 0.6 is 0 Å². The van der Waals surface area contributed by atoms with Gasteiger partial charge in [0.2, 0.25) is 6.08 Å². The summed E-state index contributed by atoms with van der Waals surface area (Å²) in [5, 5.41) is 10.6. The van der Waals surface area contributed by atoms with Crippen LogP contribution in [0.1, 0.15) is 5.56 Å². The van der Waals surface area contributed by atoms with Crippen LogP contribution in [0.15, 0.2) is 53.5 Å². The highest BCUT2D eigenvalue weighted by atomic mass is 16.6. The summed E-state index contributed by atoms with van der Waals surface area (Å²) in [4.78, 5) is 37.0. The molecule has 0 spiro atoms. The minimum Gasteiger partial charge on any atom is -0.492 e. The highest BCUT2D eigenvalue weighted by Gasteiger charge is 2.11. The van der Waals surface area contributed by atoms with E-state index in [0.29, 0.717) is 23.5 Å². The van der Waals surface area contributed by atoms with Gasteiger partial charge in [-0.15, -0.1) is 0 Å². The van der Waals surface area contributed by atoms with Gasteiger partial charge in [0, 0.05) is 19.2 Å². The molecule has 27 heavy (non-hydrogen) atoms. The maximum atomic E-state index is 11.9. The first kappa shape index (κ1) is 19.6. The smallest absolute Gasteiger partial charge is 0.409 e. The summed E-state index contributed by atoms with van der Waals surface area (Å²) >= 11 is 0. The average Bonchev–Trinajstić information content (AvgIpc) is 2.68. The first-order chi connectivity index (χ1) is 13.0. The van der Waals surface area contributed by atoms with Crippen LogP contribution < -0.4 is 4.74 Å². The van der Waals surface area contributed by atoms with Gasteiger partial charge in [0.15, 0.2) is 0 Å². The van der Waals surface area contributed by atoms with E-state index in [1.54, 1.807) is 31.3 Å². The summed E-state index contributed by atoms with van der Waals surface area (Å²) < 4.78 is 10.7. The van der Waals surface area contributed by atoms with Crippen molar-refractivity contribution in [2.75, 3.05) is 20.2 Å². The summed E-state index contributed by atoms with van der Waals surface area (Å²) in [6.07, 6.45) is 0.917. The van der Waals surface area contributed by atoms with Crippen LogP contribution in [-0.2, 0) is 16.1 Å². The van der Waals surface area contributed by atoms with Gasteiger partial charge in [0.05, 0.1) is 17.2 Å². The van der Waals surface area contributed by atoms with Crippen molar-refractivity contribution in [1.29, 1.82) is 0 Å². The molecule has 0 aromatic heterocycles. The molecule has 2 aromatic rings. The number of carbonyl (C=O) groups is 1. The quantitative estimate of drug-likeness (QED) is 0.305. The summed E-state index contributed by atoms with van der Waals surface area (Å²) in [6.45, 7) is 0.563. The number of isocyanates is 1. The Labute approximate surface area is 155 Å². The van der Waals surface area contributed by atoms with Gasteiger partial charge in [-0.1, -0.05) is 0 Å². The summed E-state index contributed by atoms with van der Waals surface area (Å²) in [5.74, 6) is 0.576. The van der Waals surface area contributed by atoms with Crippen LogP contribution in [0, 0.1) is 10.1 Å². The molecule has 0 heterocycles. The standard InChI is InChI=1S/C18H17N3O6/c1-20(10-11-26-17-8-4-15(5-9-17)19-13-22)18(23)27-12-14-2-6-16(7-3-14)21(24)25/h2-9H,10-12H2,1H3. The normalized spacial score (nSPS) is 9.81. The summed E-state index contributed by atoms with van der Waals surface area (Å²) in [7, 11) is 1.57. The minimum absolute atomic E-state index is 0.0146. The molecule has 0 bridgehead atoms. The van der Waals surface area contributed by atoms with Gasteiger partial charge in [0.1, 0.15) is 19.0 Å². The number of nitro benzene ring substituents is 1. The Morgan fingerprint density at radius 2 is 1.85 bits per heavy atom. The van der Waals surface area contributed by atoms with Crippen molar-refractivity contribution < 1.29 is 24.0 Å². The predicted octanol–water partition coefficient (Wildman–Crippen LogP) is 3.21. The number of non-ortho nitro benzene ring substituents is 1. The number of aliphatic imine (C=N–C) groups is 1. The molecule has 0 saturated carbocycles. The Hall–Kier alpha value is -3.71. The molecule has 2 rings (SSSR count). The third kappa shape index (κ3) is 6.26. The molecular weight excluding hydrogens is 354 g/mol. The van der Waals surface area contributed by atoms with Crippen molar-refractivity contribution in [3.8, 4) is 5.75 Å². The van der Waals surface area contributed by atoms with Crippen molar-refractivity contribution in [3.63, 3.8) is 0 Å². The summed E-state index contributed by atoms with van der Waals surface area (Å²) in [5.41, 5.74) is 1.10. The SMILES string of the molecule is CN(CCOc1ccc(N=C=O)cc1)C(=O)OCc1ccc([N+](=O)[O-])cc1. The molecule has 0 aliphatic rings. The average molecular weight is 371 g/mol. The monoisotopic (exact) mass is 371 g/mol. The van der Waals surface area contributed by atoms with E-state index in [1.807, 2.05) is 0 Å². The first-order valence-corrected chi connectivity index (χ1v) is 7.91. The maximum Gasteiger partial charge on any atom is 0.409 e.